The lowest BCUT2D eigenvalue weighted by Crippen LogP contribution is -2.42. The third-order valence-electron chi connectivity index (χ3n) is 1.85. The first kappa shape index (κ1) is 15.8. The minimum atomic E-state index is -4.13. The lowest BCUT2D eigenvalue weighted by atomic mass is 10.2. The molecule has 8 nitrogen and oxygen atoms in total. The predicted molar refractivity (Wildman–Crippen MR) is 65.5 cm³/mol. The number of methoxy groups -OCH3 is 1. The standard InChI is InChI=1S/C8H9ClN2O6S2/c1-17-7(14)4(2-6(12)13)11-19(15,16)8-10-5(9)3-18-8/h3-4,11H,2H2,1H3,(H,12,13)/t4-/m0/s1. The van der Waals surface area contributed by atoms with Crippen molar-refractivity contribution >= 4 is 44.9 Å². The largest absolute Gasteiger partial charge is 0.481 e. The zero-order chi connectivity index (χ0) is 14.6. The summed E-state index contributed by atoms with van der Waals surface area (Å²) >= 11 is 6.24. The van der Waals surface area contributed by atoms with Gasteiger partial charge in [-0.1, -0.05) is 11.6 Å². The Hall–Kier alpha value is -1.23. The Labute approximate surface area is 117 Å². The summed E-state index contributed by atoms with van der Waals surface area (Å²) in [7, 11) is -3.11. The lowest BCUT2D eigenvalue weighted by Gasteiger charge is -2.13. The van der Waals surface area contributed by atoms with Gasteiger partial charge in [0.25, 0.3) is 10.0 Å². The SMILES string of the molecule is COC(=O)[C@H](CC(=O)O)NS(=O)(=O)c1nc(Cl)cs1. The molecule has 0 unspecified atom stereocenters. The number of halogens is 1. The van der Waals surface area contributed by atoms with Gasteiger partial charge in [0, 0.05) is 5.38 Å². The Morgan fingerprint density at radius 2 is 2.26 bits per heavy atom. The molecule has 1 rings (SSSR count). The van der Waals surface area contributed by atoms with Crippen LogP contribution >= 0.6 is 22.9 Å². The molecule has 1 heterocycles. The monoisotopic (exact) mass is 328 g/mol. The molecular formula is C8H9ClN2O6S2. The number of nitrogens with one attached hydrogen (secondary N) is 1. The van der Waals surface area contributed by atoms with Gasteiger partial charge in [0.05, 0.1) is 13.5 Å². The average Bonchev–Trinajstić information content (AvgIpc) is 2.74. The smallest absolute Gasteiger partial charge is 0.324 e. The van der Waals surface area contributed by atoms with E-state index in [2.05, 4.69) is 9.72 Å². The van der Waals surface area contributed by atoms with Gasteiger partial charge in [0.1, 0.15) is 11.2 Å². The van der Waals surface area contributed by atoms with Gasteiger partial charge in [-0.25, -0.2) is 13.4 Å². The Bertz CT molecular complexity index is 584. The van der Waals surface area contributed by atoms with Gasteiger partial charge < -0.3 is 9.84 Å². The fourth-order valence-corrected chi connectivity index (χ4v) is 3.48. The summed E-state index contributed by atoms with van der Waals surface area (Å²) < 4.78 is 29.5. The van der Waals surface area contributed by atoms with Gasteiger partial charge in [0.2, 0.25) is 4.34 Å². The van der Waals surface area contributed by atoms with Crippen molar-refractivity contribution < 1.29 is 27.9 Å². The van der Waals surface area contributed by atoms with E-state index in [9.17, 15) is 18.0 Å². The third-order valence-corrected chi connectivity index (χ3v) is 4.90. The Morgan fingerprint density at radius 1 is 1.63 bits per heavy atom. The summed E-state index contributed by atoms with van der Waals surface area (Å²) in [6.07, 6.45) is -0.745. The first-order chi connectivity index (χ1) is 8.76. The molecule has 0 fully saturated rings. The van der Waals surface area contributed by atoms with Crippen LogP contribution in [0.2, 0.25) is 5.15 Å². The normalized spacial score (nSPS) is 12.9. The number of hydrogen-bond acceptors (Lipinski definition) is 7. The highest BCUT2D eigenvalue weighted by Gasteiger charge is 2.30. The molecule has 2 N–H and O–H groups in total. The van der Waals surface area contributed by atoms with E-state index in [0.29, 0.717) is 0 Å². The van der Waals surface area contributed by atoms with Crippen LogP contribution in [-0.2, 0) is 24.3 Å². The van der Waals surface area contributed by atoms with Crippen LogP contribution in [0, 0.1) is 0 Å². The first-order valence-electron chi connectivity index (χ1n) is 4.69. The van der Waals surface area contributed by atoms with Gasteiger partial charge in [-0.05, 0) is 0 Å². The highest BCUT2D eigenvalue weighted by Crippen LogP contribution is 2.19. The molecule has 0 spiro atoms. The number of sulfonamides is 1. The van der Waals surface area contributed by atoms with Gasteiger partial charge in [0.15, 0.2) is 0 Å². The maximum absolute atomic E-state index is 11.8. The maximum atomic E-state index is 11.8. The highest BCUT2D eigenvalue weighted by atomic mass is 35.5. The van der Waals surface area contributed by atoms with Crippen molar-refractivity contribution in [2.75, 3.05) is 7.11 Å². The number of aliphatic carboxylic acids is 1. The topological polar surface area (TPSA) is 123 Å². The fraction of sp³-hybridized carbons (Fsp3) is 0.375. The Kier molecular flexibility index (Phi) is 5.23. The highest BCUT2D eigenvalue weighted by molar-refractivity contribution is 7.91. The number of ether oxygens (including phenoxy) is 1. The van der Waals surface area contributed by atoms with Crippen LogP contribution in [0.1, 0.15) is 6.42 Å². The molecule has 1 aromatic heterocycles. The van der Waals surface area contributed by atoms with E-state index < -0.39 is 34.4 Å². The van der Waals surface area contributed by atoms with Crippen molar-refractivity contribution in [1.29, 1.82) is 0 Å². The molecule has 0 saturated heterocycles. The van der Waals surface area contributed by atoms with Gasteiger partial charge in [-0.15, -0.1) is 11.3 Å². The summed E-state index contributed by atoms with van der Waals surface area (Å²) in [5.74, 6) is -2.36. The molecule has 11 heteroatoms. The molecule has 19 heavy (non-hydrogen) atoms. The van der Waals surface area contributed by atoms with Crippen molar-refractivity contribution in [2.45, 2.75) is 16.8 Å². The number of carbonyl (C=O) groups is 2. The molecule has 0 aliphatic carbocycles. The first-order valence-corrected chi connectivity index (χ1v) is 7.43. The molecule has 0 aliphatic rings. The number of carbonyl (C=O) groups excluding carboxylic acids is 1. The summed E-state index contributed by atoms with van der Waals surface area (Å²) in [5, 5.41) is 9.90. The number of hydrogen-bond donors (Lipinski definition) is 2. The third kappa shape index (κ3) is 4.42. The van der Waals surface area contributed by atoms with E-state index in [4.69, 9.17) is 16.7 Å². The molecule has 1 aromatic rings. The summed E-state index contributed by atoms with van der Waals surface area (Å²) in [5.41, 5.74) is 0. The zero-order valence-electron chi connectivity index (χ0n) is 9.49. The van der Waals surface area contributed by atoms with Crippen LogP contribution in [0.25, 0.3) is 0 Å². The van der Waals surface area contributed by atoms with Crippen LogP contribution in [-0.4, -0.2) is 43.6 Å². The number of nitrogens with zero attached hydrogens (tertiary/aromatic N) is 1. The number of rotatable bonds is 6. The molecule has 0 amide bonds. The van der Waals surface area contributed by atoms with E-state index >= 15 is 0 Å². The van der Waals surface area contributed by atoms with Crippen LogP contribution in [0.15, 0.2) is 9.72 Å². The molecule has 1 atom stereocenters. The molecule has 0 radical (unpaired) electrons. The van der Waals surface area contributed by atoms with Gasteiger partial charge in [-0.3, -0.25) is 9.59 Å². The quantitative estimate of drug-likeness (QED) is 0.709. The number of carboxylic acids is 1. The Morgan fingerprint density at radius 3 is 2.68 bits per heavy atom. The van der Waals surface area contributed by atoms with E-state index in [1.54, 1.807) is 0 Å². The van der Waals surface area contributed by atoms with Crippen molar-refractivity contribution in [3.63, 3.8) is 0 Å². The molecule has 0 bridgehead atoms. The van der Waals surface area contributed by atoms with Crippen molar-refractivity contribution in [1.82, 2.24) is 9.71 Å². The van der Waals surface area contributed by atoms with E-state index in [0.717, 1.165) is 18.4 Å². The van der Waals surface area contributed by atoms with E-state index in [1.807, 2.05) is 4.72 Å². The number of aromatic nitrogens is 1. The van der Waals surface area contributed by atoms with Crippen LogP contribution in [0.4, 0.5) is 0 Å². The van der Waals surface area contributed by atoms with Crippen molar-refractivity contribution in [3.05, 3.63) is 10.5 Å². The van der Waals surface area contributed by atoms with Gasteiger partial charge >= 0.3 is 11.9 Å². The van der Waals surface area contributed by atoms with Crippen LogP contribution in [0.3, 0.4) is 0 Å². The van der Waals surface area contributed by atoms with Crippen molar-refractivity contribution in [3.8, 4) is 0 Å². The van der Waals surface area contributed by atoms with Crippen LogP contribution < -0.4 is 4.72 Å². The van der Waals surface area contributed by atoms with Crippen LogP contribution in [0.5, 0.6) is 0 Å². The minimum Gasteiger partial charge on any atom is -0.481 e. The van der Waals surface area contributed by atoms with Crippen molar-refractivity contribution in [2.24, 2.45) is 0 Å². The average molecular weight is 329 g/mol. The lowest BCUT2D eigenvalue weighted by molar-refractivity contribution is -0.147. The summed E-state index contributed by atoms with van der Waals surface area (Å²) in [6, 6.07) is -1.53. The second-order valence-electron chi connectivity index (χ2n) is 3.23. The molecule has 0 saturated carbocycles. The van der Waals surface area contributed by atoms with Gasteiger partial charge in [-0.2, -0.15) is 4.72 Å². The Balaban J connectivity index is 2.95. The zero-order valence-corrected chi connectivity index (χ0v) is 11.9. The minimum absolute atomic E-state index is 0.0155. The maximum Gasteiger partial charge on any atom is 0.324 e. The molecule has 0 aromatic carbocycles. The molecule has 106 valence electrons. The van der Waals surface area contributed by atoms with E-state index in [-0.39, 0.29) is 9.49 Å². The second-order valence-corrected chi connectivity index (χ2v) is 6.36. The summed E-state index contributed by atoms with van der Waals surface area (Å²) in [6.45, 7) is 0. The fourth-order valence-electron chi connectivity index (χ4n) is 1.09. The second kappa shape index (κ2) is 6.28. The molecule has 0 aliphatic heterocycles. The predicted octanol–water partition coefficient (Wildman–Crippen LogP) is 0.0911. The number of thiazole rings is 1. The number of carboxylic acid groups (broad SMARTS) is 1. The molecular weight excluding hydrogens is 320 g/mol. The van der Waals surface area contributed by atoms with E-state index in [1.165, 1.54) is 5.38 Å². The summed E-state index contributed by atoms with van der Waals surface area (Å²) in [4.78, 5) is 25.4. The number of esters is 1.